The van der Waals surface area contributed by atoms with E-state index >= 15 is 0 Å². The molecule has 0 unspecified atom stereocenters. The van der Waals surface area contributed by atoms with Crippen molar-refractivity contribution in [2.24, 2.45) is 0 Å². The van der Waals surface area contributed by atoms with E-state index in [1.807, 2.05) is 27.7 Å². The fraction of sp³-hybridized carbons (Fsp3) is 0.400. The maximum atomic E-state index is 3.71. The Balaban J connectivity index is 0. The van der Waals surface area contributed by atoms with Gasteiger partial charge in [-0.15, -0.1) is 5.10 Å². The first kappa shape index (κ1) is 14.2. The van der Waals surface area contributed by atoms with Gasteiger partial charge >= 0.3 is 0 Å². The minimum Gasteiger partial charge on any atom is -0.258 e. The Bertz CT molecular complexity index is 298. The molecule has 74 valence electrons. The molecule has 1 aromatic rings. The zero-order valence-electron chi connectivity index (χ0n) is 8.96. The van der Waals surface area contributed by atoms with Gasteiger partial charge in [-0.1, -0.05) is 52.1 Å². The summed E-state index contributed by atoms with van der Waals surface area (Å²) >= 11 is 0. The minimum atomic E-state index is 0.718. The lowest BCUT2D eigenvalue weighted by molar-refractivity contribution is 0.926. The molecule has 0 aliphatic heterocycles. The highest BCUT2D eigenvalue weighted by molar-refractivity contribution is 5.31. The van der Waals surface area contributed by atoms with E-state index < -0.39 is 0 Å². The highest BCUT2D eigenvalue weighted by Crippen LogP contribution is 1.57. The van der Waals surface area contributed by atoms with Gasteiger partial charge in [0.15, 0.2) is 0 Å². The van der Waals surface area contributed by atoms with Crippen LogP contribution in [0.4, 0.5) is 0 Å². The Hall–Kier alpha value is -1.38. The van der Waals surface area contributed by atoms with Gasteiger partial charge in [-0.3, -0.25) is 5.10 Å². The van der Waals surface area contributed by atoms with Gasteiger partial charge in [0.2, 0.25) is 0 Å². The largest absolute Gasteiger partial charge is 0.258 e. The van der Waals surface area contributed by atoms with Crippen LogP contribution in [0.25, 0.3) is 12.7 Å². The maximum Gasteiger partial charge on any atom is 0.112 e. The van der Waals surface area contributed by atoms with Crippen LogP contribution in [0.15, 0.2) is 12.7 Å². The highest BCUT2D eigenvalue weighted by Gasteiger charge is 1.79. The topological polar surface area (TPSA) is 41.6 Å². The molecule has 0 spiro atoms. The van der Waals surface area contributed by atoms with Crippen molar-refractivity contribution in [3.63, 3.8) is 0 Å². The molecule has 0 atom stereocenters. The van der Waals surface area contributed by atoms with Crippen molar-refractivity contribution >= 4 is 12.7 Å². The predicted octanol–water partition coefficient (Wildman–Crippen LogP) is 1.23. The summed E-state index contributed by atoms with van der Waals surface area (Å²) in [6, 6.07) is 0. The molecule has 0 amide bonds. The summed E-state index contributed by atoms with van der Waals surface area (Å²) in [5.41, 5.74) is 0. The third-order valence-electron chi connectivity index (χ3n) is 0.928. The average Bonchev–Trinajstić information content (AvgIpc) is 2.60. The summed E-state index contributed by atoms with van der Waals surface area (Å²) in [7, 11) is 0. The normalized spacial score (nSPS) is 9.08. The number of aromatic nitrogens is 3. The molecule has 0 radical (unpaired) electrons. The molecule has 0 aromatic carbocycles. The summed E-state index contributed by atoms with van der Waals surface area (Å²) in [6.45, 7) is 15.2. The van der Waals surface area contributed by atoms with E-state index in [-0.39, 0.29) is 0 Å². The molecular weight excluding hydrogens is 162 g/mol. The van der Waals surface area contributed by atoms with Crippen molar-refractivity contribution in [2.75, 3.05) is 0 Å². The number of rotatable bonds is 1. The second kappa shape index (κ2) is 10.6. The molecule has 0 saturated heterocycles. The molecule has 0 aliphatic rings. The first-order chi connectivity index (χ1) is 6.34. The third kappa shape index (κ3) is 5.84. The van der Waals surface area contributed by atoms with E-state index in [9.17, 15) is 0 Å². The second-order valence-electron chi connectivity index (χ2n) is 1.58. The summed E-state index contributed by atoms with van der Waals surface area (Å²) in [4.78, 5) is 0. The van der Waals surface area contributed by atoms with E-state index in [0.717, 1.165) is 10.7 Å². The fourth-order valence-electron chi connectivity index (χ4n) is 0.502. The van der Waals surface area contributed by atoms with Gasteiger partial charge in [-0.05, 0) is 6.08 Å². The van der Waals surface area contributed by atoms with Crippen LogP contribution in [-0.4, -0.2) is 15.4 Å². The zero-order chi connectivity index (χ0) is 10.7. The maximum absolute atomic E-state index is 3.71. The lowest BCUT2D eigenvalue weighted by Gasteiger charge is -1.65. The molecule has 0 aliphatic carbocycles. The van der Waals surface area contributed by atoms with E-state index in [4.69, 9.17) is 0 Å². The van der Waals surface area contributed by atoms with Crippen LogP contribution >= 0.6 is 0 Å². The standard InChI is InChI=1S/C6H7N3.2C2H6/c1-3-4-6-5(2)7-9-8-6;2*1-2/h3-4H,1-2H2,(H,7,8);2*1-2H3/b6-4+;;. The second-order valence-corrected chi connectivity index (χ2v) is 1.58. The summed E-state index contributed by atoms with van der Waals surface area (Å²) in [5.74, 6) is 0. The number of hydrogen-bond acceptors (Lipinski definition) is 2. The predicted molar refractivity (Wildman–Crippen MR) is 58.5 cm³/mol. The van der Waals surface area contributed by atoms with Crippen molar-refractivity contribution in [2.45, 2.75) is 27.7 Å². The summed E-state index contributed by atoms with van der Waals surface area (Å²) < 4.78 is 0. The monoisotopic (exact) mass is 181 g/mol. The van der Waals surface area contributed by atoms with Gasteiger partial charge in [0.05, 0.1) is 5.35 Å². The molecule has 3 nitrogen and oxygen atoms in total. The van der Waals surface area contributed by atoms with E-state index in [2.05, 4.69) is 28.6 Å². The Kier molecular flexibility index (Phi) is 11.6. The van der Waals surface area contributed by atoms with Gasteiger partial charge in [0.25, 0.3) is 0 Å². The van der Waals surface area contributed by atoms with Crippen LogP contribution in [0.3, 0.4) is 0 Å². The van der Waals surface area contributed by atoms with Crippen LogP contribution < -0.4 is 10.7 Å². The number of H-pyrrole nitrogens is 1. The third-order valence-corrected chi connectivity index (χ3v) is 0.928. The lowest BCUT2D eigenvalue weighted by Crippen LogP contribution is -2.21. The van der Waals surface area contributed by atoms with E-state index in [1.54, 1.807) is 12.2 Å². The molecule has 13 heavy (non-hydrogen) atoms. The van der Waals surface area contributed by atoms with Crippen molar-refractivity contribution in [1.82, 2.24) is 15.4 Å². The van der Waals surface area contributed by atoms with Gasteiger partial charge in [0, 0.05) is 0 Å². The van der Waals surface area contributed by atoms with Crippen LogP contribution in [0, 0.1) is 0 Å². The highest BCUT2D eigenvalue weighted by atomic mass is 15.3. The Labute approximate surface area is 79.9 Å². The van der Waals surface area contributed by atoms with Gasteiger partial charge < -0.3 is 0 Å². The fourth-order valence-corrected chi connectivity index (χ4v) is 0.502. The first-order valence-corrected chi connectivity index (χ1v) is 4.53. The molecular formula is C10H19N3. The van der Waals surface area contributed by atoms with Crippen molar-refractivity contribution < 1.29 is 0 Å². The number of allylic oxidation sites excluding steroid dienone is 1. The Morgan fingerprint density at radius 1 is 1.23 bits per heavy atom. The van der Waals surface area contributed by atoms with Crippen LogP contribution in [0.1, 0.15) is 27.7 Å². The van der Waals surface area contributed by atoms with Gasteiger partial charge in [-0.25, -0.2) is 0 Å². The average molecular weight is 181 g/mol. The summed E-state index contributed by atoms with van der Waals surface area (Å²) in [6.07, 6.45) is 3.39. The number of hydrogen-bond donors (Lipinski definition) is 1. The van der Waals surface area contributed by atoms with Crippen molar-refractivity contribution in [3.8, 4) is 0 Å². The molecule has 3 heteroatoms. The zero-order valence-corrected chi connectivity index (χ0v) is 8.96. The minimum absolute atomic E-state index is 0.718. The van der Waals surface area contributed by atoms with Crippen molar-refractivity contribution in [1.29, 1.82) is 0 Å². The van der Waals surface area contributed by atoms with E-state index in [1.165, 1.54) is 0 Å². The molecule has 1 rings (SSSR count). The molecule has 0 saturated carbocycles. The van der Waals surface area contributed by atoms with Gasteiger partial charge in [-0.2, -0.15) is 0 Å². The summed E-state index contributed by atoms with van der Waals surface area (Å²) in [5, 5.41) is 11.3. The van der Waals surface area contributed by atoms with E-state index in [0.29, 0.717) is 0 Å². The number of nitrogens with zero attached hydrogens (tertiary/aromatic N) is 2. The Morgan fingerprint density at radius 2 is 1.77 bits per heavy atom. The van der Waals surface area contributed by atoms with Crippen LogP contribution in [-0.2, 0) is 0 Å². The van der Waals surface area contributed by atoms with Crippen molar-refractivity contribution in [3.05, 3.63) is 23.4 Å². The smallest absolute Gasteiger partial charge is 0.112 e. The Morgan fingerprint density at radius 3 is 2.08 bits per heavy atom. The number of nitrogens with one attached hydrogen (secondary N) is 1. The van der Waals surface area contributed by atoms with Crippen LogP contribution in [0.5, 0.6) is 0 Å². The quantitative estimate of drug-likeness (QED) is 0.708. The molecule has 0 fully saturated rings. The molecule has 1 N–H and O–H groups in total. The molecule has 1 aromatic heterocycles. The SMILES string of the molecule is C=C/C=c1/nn[nH]c1=C.CC.CC. The van der Waals surface area contributed by atoms with Crippen LogP contribution in [0.2, 0.25) is 0 Å². The molecule has 0 bridgehead atoms. The van der Waals surface area contributed by atoms with Gasteiger partial charge in [0.1, 0.15) is 5.35 Å². The molecule has 1 heterocycles. The first-order valence-electron chi connectivity index (χ1n) is 4.53. The lowest BCUT2D eigenvalue weighted by atomic mass is 10.5. The number of aromatic amines is 1.